The number of ether oxygens (including phenoxy) is 1. The fraction of sp³-hybridized carbons (Fsp3) is 0.500. The van der Waals surface area contributed by atoms with Crippen molar-refractivity contribution in [2.24, 2.45) is 9.98 Å². The van der Waals surface area contributed by atoms with E-state index in [1.807, 2.05) is 6.92 Å². The first-order valence-electron chi connectivity index (χ1n) is 11.0. The molecular formula is C22H24F3N5O4. The normalized spacial score (nSPS) is 18.9. The number of aliphatic imine (C=N–C) groups is 2. The van der Waals surface area contributed by atoms with E-state index in [4.69, 9.17) is 9.26 Å². The zero-order valence-electron chi connectivity index (χ0n) is 18.5. The SMILES string of the molecule is CCCc1c(OCCCN2C(=O)CCN(C3C=NC=NC3)C2=O)ccc2c(C(F)(F)F)noc12. The summed E-state index contributed by atoms with van der Waals surface area (Å²) in [5.41, 5.74) is -0.497. The van der Waals surface area contributed by atoms with E-state index in [0.717, 1.165) is 0 Å². The first-order chi connectivity index (χ1) is 16.3. The molecule has 4 rings (SSSR count). The number of aromatic nitrogens is 1. The summed E-state index contributed by atoms with van der Waals surface area (Å²) < 4.78 is 50.4. The number of alkyl halides is 3. The van der Waals surface area contributed by atoms with Crippen LogP contribution in [0, 0.1) is 0 Å². The van der Waals surface area contributed by atoms with Crippen molar-refractivity contribution in [3.63, 3.8) is 0 Å². The van der Waals surface area contributed by atoms with E-state index < -0.39 is 11.9 Å². The Labute approximate surface area is 193 Å². The minimum Gasteiger partial charge on any atom is -0.493 e. The van der Waals surface area contributed by atoms with Crippen LogP contribution in [0.4, 0.5) is 18.0 Å². The molecule has 0 saturated carbocycles. The number of hydrogen-bond donors (Lipinski definition) is 0. The van der Waals surface area contributed by atoms with Crippen LogP contribution in [-0.2, 0) is 17.4 Å². The van der Waals surface area contributed by atoms with Gasteiger partial charge in [-0.1, -0.05) is 18.5 Å². The number of nitrogens with zero attached hydrogens (tertiary/aromatic N) is 5. The first-order valence-corrected chi connectivity index (χ1v) is 11.0. The summed E-state index contributed by atoms with van der Waals surface area (Å²) in [5.74, 6) is 0.139. The van der Waals surface area contributed by atoms with E-state index in [1.54, 1.807) is 11.1 Å². The number of hydrogen-bond acceptors (Lipinski definition) is 7. The Morgan fingerprint density at radius 3 is 2.79 bits per heavy atom. The molecule has 12 heteroatoms. The Balaban J connectivity index is 1.41. The molecule has 0 aliphatic carbocycles. The summed E-state index contributed by atoms with van der Waals surface area (Å²) in [7, 11) is 0. The summed E-state index contributed by atoms with van der Waals surface area (Å²) in [6.45, 7) is 2.93. The Bertz CT molecular complexity index is 1130. The average molecular weight is 479 g/mol. The van der Waals surface area contributed by atoms with E-state index in [9.17, 15) is 22.8 Å². The Kier molecular flexibility index (Phi) is 6.85. The van der Waals surface area contributed by atoms with Crippen LogP contribution >= 0.6 is 0 Å². The molecule has 3 amide bonds. The van der Waals surface area contributed by atoms with Crippen molar-refractivity contribution in [2.45, 2.75) is 44.8 Å². The van der Waals surface area contributed by atoms with Crippen LogP contribution in [0.3, 0.4) is 0 Å². The minimum atomic E-state index is -4.62. The summed E-state index contributed by atoms with van der Waals surface area (Å²) in [6, 6.07) is 2.09. The summed E-state index contributed by atoms with van der Waals surface area (Å²) in [6.07, 6.45) is 0.135. The molecule has 1 aromatic carbocycles. The molecular weight excluding hydrogens is 455 g/mol. The van der Waals surface area contributed by atoms with Crippen LogP contribution in [0.15, 0.2) is 26.6 Å². The number of urea groups is 1. The van der Waals surface area contributed by atoms with Crippen LogP contribution in [0.2, 0.25) is 0 Å². The van der Waals surface area contributed by atoms with Crippen molar-refractivity contribution >= 4 is 35.5 Å². The maximum Gasteiger partial charge on any atom is 0.437 e. The molecule has 1 saturated heterocycles. The van der Waals surface area contributed by atoms with Crippen molar-refractivity contribution in [3.8, 4) is 5.75 Å². The molecule has 2 aliphatic rings. The van der Waals surface area contributed by atoms with Gasteiger partial charge < -0.3 is 14.2 Å². The van der Waals surface area contributed by atoms with Crippen LogP contribution in [0.5, 0.6) is 5.75 Å². The van der Waals surface area contributed by atoms with Crippen LogP contribution in [-0.4, -0.2) is 71.7 Å². The third kappa shape index (κ3) is 4.75. The second-order valence-corrected chi connectivity index (χ2v) is 8.02. The largest absolute Gasteiger partial charge is 0.493 e. The van der Waals surface area contributed by atoms with Gasteiger partial charge >= 0.3 is 12.2 Å². The third-order valence-corrected chi connectivity index (χ3v) is 5.70. The fourth-order valence-electron chi connectivity index (χ4n) is 4.07. The van der Waals surface area contributed by atoms with E-state index in [1.165, 1.54) is 23.4 Å². The Morgan fingerprint density at radius 1 is 1.26 bits per heavy atom. The molecule has 2 aliphatic heterocycles. The average Bonchev–Trinajstić information content (AvgIpc) is 3.25. The molecule has 182 valence electrons. The summed E-state index contributed by atoms with van der Waals surface area (Å²) in [4.78, 5) is 36.0. The summed E-state index contributed by atoms with van der Waals surface area (Å²) in [5, 5.41) is 3.10. The highest BCUT2D eigenvalue weighted by atomic mass is 19.4. The molecule has 1 unspecified atom stereocenters. The highest BCUT2D eigenvalue weighted by Gasteiger charge is 2.38. The standard InChI is InChI=1S/C22H24F3N5O4/c1-2-4-15-17(6-5-16-19(15)34-28-20(16)22(23,24)25)33-10-3-8-30-18(31)7-9-29(21(30)32)14-11-26-13-27-12-14/h5-6,11,13-14H,2-4,7-10,12H2,1H3. The lowest BCUT2D eigenvalue weighted by Crippen LogP contribution is -2.57. The zero-order valence-corrected chi connectivity index (χ0v) is 18.5. The second-order valence-electron chi connectivity index (χ2n) is 8.02. The molecule has 1 fully saturated rings. The van der Waals surface area contributed by atoms with Gasteiger partial charge in [-0.25, -0.2) is 9.79 Å². The Morgan fingerprint density at radius 2 is 2.09 bits per heavy atom. The van der Waals surface area contributed by atoms with Gasteiger partial charge in [0.2, 0.25) is 5.91 Å². The minimum absolute atomic E-state index is 0.0560. The van der Waals surface area contributed by atoms with Gasteiger partial charge in [-0.2, -0.15) is 13.2 Å². The Hall–Kier alpha value is -3.44. The number of rotatable bonds is 8. The molecule has 0 radical (unpaired) electrons. The van der Waals surface area contributed by atoms with E-state index in [-0.39, 0.29) is 48.5 Å². The number of fused-ring (bicyclic) bond motifs is 1. The van der Waals surface area contributed by atoms with Crippen molar-refractivity contribution in [1.82, 2.24) is 15.0 Å². The molecule has 3 heterocycles. The number of imide groups is 1. The van der Waals surface area contributed by atoms with E-state index in [0.29, 0.717) is 43.7 Å². The maximum atomic E-state index is 13.2. The van der Waals surface area contributed by atoms with E-state index >= 15 is 0 Å². The van der Waals surface area contributed by atoms with Gasteiger partial charge in [0.15, 0.2) is 11.3 Å². The molecule has 9 nitrogen and oxygen atoms in total. The molecule has 2 aromatic rings. The lowest BCUT2D eigenvalue weighted by atomic mass is 10.0. The van der Waals surface area contributed by atoms with Crippen molar-refractivity contribution < 1.29 is 32.0 Å². The van der Waals surface area contributed by atoms with Gasteiger partial charge in [-0.3, -0.25) is 14.7 Å². The topological polar surface area (TPSA) is 101 Å². The van der Waals surface area contributed by atoms with Crippen LogP contribution in [0.1, 0.15) is 37.4 Å². The van der Waals surface area contributed by atoms with E-state index in [2.05, 4.69) is 15.1 Å². The van der Waals surface area contributed by atoms with Crippen molar-refractivity contribution in [1.29, 1.82) is 0 Å². The molecule has 0 bridgehead atoms. The molecule has 34 heavy (non-hydrogen) atoms. The predicted molar refractivity (Wildman–Crippen MR) is 117 cm³/mol. The second kappa shape index (κ2) is 9.82. The predicted octanol–water partition coefficient (Wildman–Crippen LogP) is 3.70. The summed E-state index contributed by atoms with van der Waals surface area (Å²) >= 11 is 0. The van der Waals surface area contributed by atoms with Crippen molar-refractivity contribution in [2.75, 3.05) is 26.2 Å². The number of aryl methyl sites for hydroxylation is 1. The molecule has 0 N–H and O–H groups in total. The maximum absolute atomic E-state index is 13.2. The van der Waals surface area contributed by atoms with Gasteiger partial charge in [0.25, 0.3) is 0 Å². The van der Waals surface area contributed by atoms with Gasteiger partial charge in [-0.15, -0.1) is 0 Å². The van der Waals surface area contributed by atoms with Gasteiger partial charge in [0.05, 0.1) is 24.6 Å². The lowest BCUT2D eigenvalue weighted by Gasteiger charge is -2.37. The van der Waals surface area contributed by atoms with Crippen molar-refractivity contribution in [3.05, 3.63) is 23.4 Å². The number of benzene rings is 1. The molecule has 0 spiro atoms. The number of amides is 3. The first kappa shape index (κ1) is 23.7. The zero-order chi connectivity index (χ0) is 24.3. The molecule has 1 atom stereocenters. The lowest BCUT2D eigenvalue weighted by molar-refractivity contribution is -0.141. The monoisotopic (exact) mass is 479 g/mol. The highest BCUT2D eigenvalue weighted by molar-refractivity contribution is 5.98. The van der Waals surface area contributed by atoms with Gasteiger partial charge in [0, 0.05) is 31.3 Å². The number of carbonyl (C=O) groups excluding carboxylic acids is 2. The van der Waals surface area contributed by atoms with Gasteiger partial charge in [-0.05, 0) is 25.0 Å². The molecule has 1 aromatic heterocycles. The smallest absolute Gasteiger partial charge is 0.437 e. The highest BCUT2D eigenvalue weighted by Crippen LogP contribution is 2.38. The fourth-order valence-corrected chi connectivity index (χ4v) is 4.07. The third-order valence-electron chi connectivity index (χ3n) is 5.70. The quantitative estimate of drug-likeness (QED) is 0.538. The number of halogens is 3. The number of carbonyl (C=O) groups is 2. The van der Waals surface area contributed by atoms with Crippen LogP contribution < -0.4 is 4.74 Å². The van der Waals surface area contributed by atoms with Gasteiger partial charge in [0.1, 0.15) is 12.1 Å². The van der Waals surface area contributed by atoms with Crippen LogP contribution in [0.25, 0.3) is 11.0 Å².